The predicted molar refractivity (Wildman–Crippen MR) is 111 cm³/mol. The third kappa shape index (κ3) is 6.72. The summed E-state index contributed by atoms with van der Waals surface area (Å²) < 4.78 is 5.77. The molecule has 0 N–H and O–H groups in total. The van der Waals surface area contributed by atoms with Gasteiger partial charge in [-0.05, 0) is 42.7 Å². The lowest BCUT2D eigenvalue weighted by Gasteiger charge is -2.21. The maximum Gasteiger partial charge on any atom is 0.133 e. The molecule has 0 aromatic heterocycles. The minimum absolute atomic E-state index is 0.280. The smallest absolute Gasteiger partial charge is 0.133 e. The molecule has 0 atom stereocenters. The fraction of sp³-hybridized carbons (Fsp3) is 0.440. The molecule has 0 saturated heterocycles. The fourth-order valence-corrected chi connectivity index (χ4v) is 3.87. The quantitative estimate of drug-likeness (QED) is 0.693. The zero-order valence-corrected chi connectivity index (χ0v) is 16.5. The average molecular weight is 379 g/mol. The van der Waals surface area contributed by atoms with Crippen LogP contribution in [0.4, 0.5) is 0 Å². The topological polar surface area (TPSA) is 43.4 Å². The largest absolute Gasteiger partial charge is 0.374 e. The van der Waals surface area contributed by atoms with E-state index >= 15 is 0 Å². The van der Waals surface area contributed by atoms with Crippen LogP contribution in [0, 0.1) is 0 Å². The Labute approximate surface area is 168 Å². The summed E-state index contributed by atoms with van der Waals surface area (Å²) in [4.78, 5) is 22.1. The van der Waals surface area contributed by atoms with Gasteiger partial charge in [-0.1, -0.05) is 60.7 Å². The molecule has 0 amide bonds. The number of benzene rings is 2. The number of ether oxygens (including phenoxy) is 1. The van der Waals surface area contributed by atoms with Crippen LogP contribution in [-0.4, -0.2) is 17.7 Å². The van der Waals surface area contributed by atoms with Crippen molar-refractivity contribution in [3.05, 3.63) is 71.8 Å². The molecule has 28 heavy (non-hydrogen) atoms. The highest BCUT2D eigenvalue weighted by molar-refractivity contribution is 5.79. The number of hydrogen-bond acceptors (Lipinski definition) is 3. The molecule has 4 rings (SSSR count). The summed E-state index contributed by atoms with van der Waals surface area (Å²) in [5, 5.41) is 0. The first-order valence-electron chi connectivity index (χ1n) is 10.4. The predicted octanol–water partition coefficient (Wildman–Crippen LogP) is 5.63. The maximum absolute atomic E-state index is 11.0. The summed E-state index contributed by atoms with van der Waals surface area (Å²) in [6.45, 7) is 0.666. The van der Waals surface area contributed by atoms with Crippen molar-refractivity contribution in [2.75, 3.05) is 0 Å². The Morgan fingerprint density at radius 1 is 0.679 bits per heavy atom. The number of Topliss-reactive ketones (excluding diaryl/α,β-unsaturated/α-hetero) is 2. The van der Waals surface area contributed by atoms with Crippen molar-refractivity contribution in [1.82, 2.24) is 0 Å². The average Bonchev–Trinajstić information content (AvgIpc) is 2.76. The van der Waals surface area contributed by atoms with E-state index in [0.29, 0.717) is 36.9 Å². The number of ketones is 2. The van der Waals surface area contributed by atoms with Crippen LogP contribution in [-0.2, 0) is 20.9 Å². The van der Waals surface area contributed by atoms with E-state index in [1.165, 1.54) is 11.1 Å². The Kier molecular flexibility index (Phi) is 7.98. The van der Waals surface area contributed by atoms with Gasteiger partial charge in [-0.25, -0.2) is 0 Å². The summed E-state index contributed by atoms with van der Waals surface area (Å²) in [6, 6.07) is 20.7. The molecule has 0 heterocycles. The van der Waals surface area contributed by atoms with Crippen LogP contribution in [0.15, 0.2) is 60.7 Å². The molecule has 0 spiro atoms. The Hall–Kier alpha value is -2.26. The van der Waals surface area contributed by atoms with Crippen molar-refractivity contribution in [2.24, 2.45) is 0 Å². The second-order valence-electron chi connectivity index (χ2n) is 7.76. The molecule has 2 saturated carbocycles. The van der Waals surface area contributed by atoms with E-state index in [2.05, 4.69) is 36.4 Å². The highest BCUT2D eigenvalue weighted by atomic mass is 16.5. The van der Waals surface area contributed by atoms with Crippen molar-refractivity contribution in [1.29, 1.82) is 0 Å². The lowest BCUT2D eigenvalue weighted by atomic mass is 9.84. The van der Waals surface area contributed by atoms with E-state index in [-0.39, 0.29) is 6.10 Å². The Bertz CT molecular complexity index is 719. The van der Waals surface area contributed by atoms with E-state index in [1.54, 1.807) is 0 Å². The van der Waals surface area contributed by atoms with Crippen molar-refractivity contribution in [3.8, 4) is 0 Å². The van der Waals surface area contributed by atoms with Crippen molar-refractivity contribution in [2.45, 2.75) is 70.0 Å². The Morgan fingerprint density at radius 3 is 1.75 bits per heavy atom. The highest BCUT2D eigenvalue weighted by Crippen LogP contribution is 2.30. The van der Waals surface area contributed by atoms with Crippen molar-refractivity contribution < 1.29 is 14.3 Å². The third-order valence-corrected chi connectivity index (χ3v) is 5.63. The first-order chi connectivity index (χ1) is 13.7. The van der Waals surface area contributed by atoms with Gasteiger partial charge in [-0.3, -0.25) is 9.59 Å². The van der Waals surface area contributed by atoms with Gasteiger partial charge in [0.05, 0.1) is 12.7 Å². The molecular weight excluding hydrogens is 348 g/mol. The summed E-state index contributed by atoms with van der Waals surface area (Å²) in [7, 11) is 0. The normalized spacial score (nSPS) is 18.4. The molecule has 2 aromatic rings. The lowest BCUT2D eigenvalue weighted by molar-refractivity contribution is -0.123. The van der Waals surface area contributed by atoms with Crippen LogP contribution in [0.25, 0.3) is 0 Å². The number of hydrogen-bond donors (Lipinski definition) is 0. The molecule has 2 aliphatic rings. The standard InChI is InChI=1S/C13H16O2.C12H14O/c14-12-6-8-13(9-7-12)15-10-11-4-2-1-3-5-11;13-12-8-6-11(7-9-12)10-4-2-1-3-5-10/h1-5,13H,6-10H2;1-5,11H,6-9H2. The molecular formula is C25H30O3. The SMILES string of the molecule is O=C1CCC(OCc2ccccc2)CC1.O=C1CCC(c2ccccc2)CC1. The van der Waals surface area contributed by atoms with Crippen molar-refractivity contribution >= 4 is 11.6 Å². The van der Waals surface area contributed by atoms with Gasteiger partial charge in [0.2, 0.25) is 0 Å². The Balaban J connectivity index is 0.000000162. The van der Waals surface area contributed by atoms with Gasteiger partial charge in [-0.2, -0.15) is 0 Å². The molecule has 2 fully saturated rings. The summed E-state index contributed by atoms with van der Waals surface area (Å²) in [6.07, 6.45) is 7.10. The van der Waals surface area contributed by atoms with E-state index in [1.807, 2.05) is 24.3 Å². The van der Waals surface area contributed by atoms with E-state index < -0.39 is 0 Å². The van der Waals surface area contributed by atoms with Gasteiger partial charge >= 0.3 is 0 Å². The monoisotopic (exact) mass is 378 g/mol. The molecule has 3 nitrogen and oxygen atoms in total. The summed E-state index contributed by atoms with van der Waals surface area (Å²) in [5.41, 5.74) is 2.60. The molecule has 148 valence electrons. The van der Waals surface area contributed by atoms with Crippen LogP contribution in [0.2, 0.25) is 0 Å². The molecule has 0 radical (unpaired) electrons. The van der Waals surface area contributed by atoms with Gasteiger partial charge in [0.1, 0.15) is 11.6 Å². The molecule has 0 unspecified atom stereocenters. The molecule has 2 aromatic carbocycles. The van der Waals surface area contributed by atoms with Crippen LogP contribution in [0.3, 0.4) is 0 Å². The van der Waals surface area contributed by atoms with Gasteiger partial charge in [0.15, 0.2) is 0 Å². The fourth-order valence-electron chi connectivity index (χ4n) is 3.87. The van der Waals surface area contributed by atoms with Gasteiger partial charge < -0.3 is 4.74 Å². The summed E-state index contributed by atoms with van der Waals surface area (Å²) >= 11 is 0. The second kappa shape index (κ2) is 10.9. The first kappa shape index (κ1) is 20.5. The molecule has 0 aliphatic heterocycles. The van der Waals surface area contributed by atoms with Crippen LogP contribution >= 0.6 is 0 Å². The highest BCUT2D eigenvalue weighted by Gasteiger charge is 2.20. The van der Waals surface area contributed by atoms with Gasteiger partial charge in [-0.15, -0.1) is 0 Å². The van der Waals surface area contributed by atoms with Crippen molar-refractivity contribution in [3.63, 3.8) is 0 Å². The van der Waals surface area contributed by atoms with E-state index in [0.717, 1.165) is 38.5 Å². The number of carbonyl (C=O) groups excluding carboxylic acids is 2. The second-order valence-corrected chi connectivity index (χ2v) is 7.76. The minimum atomic E-state index is 0.280. The van der Waals surface area contributed by atoms with Crippen LogP contribution in [0.1, 0.15) is 68.4 Å². The van der Waals surface area contributed by atoms with Gasteiger partial charge in [0.25, 0.3) is 0 Å². The number of rotatable bonds is 4. The van der Waals surface area contributed by atoms with Crippen LogP contribution in [0.5, 0.6) is 0 Å². The zero-order valence-electron chi connectivity index (χ0n) is 16.5. The lowest BCUT2D eigenvalue weighted by Crippen LogP contribution is -2.21. The molecule has 2 aliphatic carbocycles. The number of carbonyl (C=O) groups is 2. The van der Waals surface area contributed by atoms with E-state index in [4.69, 9.17) is 4.74 Å². The Morgan fingerprint density at radius 2 is 1.18 bits per heavy atom. The third-order valence-electron chi connectivity index (χ3n) is 5.63. The first-order valence-corrected chi connectivity index (χ1v) is 10.4. The molecule has 3 heteroatoms. The summed E-state index contributed by atoms with van der Waals surface area (Å²) in [5.74, 6) is 1.45. The van der Waals surface area contributed by atoms with E-state index in [9.17, 15) is 9.59 Å². The molecule has 0 bridgehead atoms. The van der Waals surface area contributed by atoms with Crippen LogP contribution < -0.4 is 0 Å². The maximum atomic E-state index is 11.0. The van der Waals surface area contributed by atoms with Gasteiger partial charge in [0, 0.05) is 25.7 Å². The zero-order chi connectivity index (χ0) is 19.6. The minimum Gasteiger partial charge on any atom is -0.374 e.